The number of amides is 1. The smallest absolute Gasteiger partial charge is 0.230 e. The van der Waals surface area contributed by atoms with Crippen LogP contribution in [0.25, 0.3) is 0 Å². The van der Waals surface area contributed by atoms with Gasteiger partial charge in [0.2, 0.25) is 5.91 Å². The van der Waals surface area contributed by atoms with Crippen molar-refractivity contribution in [2.75, 3.05) is 32.6 Å². The van der Waals surface area contributed by atoms with Gasteiger partial charge in [0.15, 0.2) is 5.16 Å². The molecular formula is C18H27N5O3S. The molecule has 0 spiro atoms. The molecule has 8 nitrogen and oxygen atoms in total. The van der Waals surface area contributed by atoms with E-state index in [2.05, 4.69) is 26.1 Å². The Labute approximate surface area is 163 Å². The molecule has 2 aromatic heterocycles. The molecule has 1 aliphatic heterocycles. The van der Waals surface area contributed by atoms with Gasteiger partial charge in [0.05, 0.1) is 18.5 Å². The van der Waals surface area contributed by atoms with E-state index in [1.54, 1.807) is 7.11 Å². The molecule has 148 valence electrons. The zero-order valence-corrected chi connectivity index (χ0v) is 16.7. The number of carbonyl (C=O) groups is 1. The SMILES string of the molecule is COCCn1c(Cc2cccn2C)nnc1SCC(=O)NC[C@H]1CCCO1. The van der Waals surface area contributed by atoms with E-state index in [-0.39, 0.29) is 12.0 Å². The molecule has 1 atom stereocenters. The molecule has 0 aromatic carbocycles. The van der Waals surface area contributed by atoms with Gasteiger partial charge in [-0.3, -0.25) is 4.79 Å². The molecule has 27 heavy (non-hydrogen) atoms. The first-order chi connectivity index (χ1) is 13.2. The highest BCUT2D eigenvalue weighted by Crippen LogP contribution is 2.19. The second kappa shape index (κ2) is 9.91. The Morgan fingerprint density at radius 1 is 1.48 bits per heavy atom. The molecular weight excluding hydrogens is 366 g/mol. The molecule has 2 aromatic rings. The van der Waals surface area contributed by atoms with Gasteiger partial charge in [0.25, 0.3) is 0 Å². The average Bonchev–Trinajstić information content (AvgIpc) is 3.40. The molecule has 1 fully saturated rings. The number of nitrogens with zero attached hydrogens (tertiary/aromatic N) is 4. The van der Waals surface area contributed by atoms with Crippen molar-refractivity contribution in [2.24, 2.45) is 7.05 Å². The lowest BCUT2D eigenvalue weighted by Gasteiger charge is -2.11. The molecule has 1 saturated heterocycles. The number of nitrogens with one attached hydrogen (secondary N) is 1. The van der Waals surface area contributed by atoms with Crippen LogP contribution in [0, 0.1) is 0 Å². The average molecular weight is 394 g/mol. The molecule has 3 rings (SSSR count). The van der Waals surface area contributed by atoms with Crippen LogP contribution in [-0.2, 0) is 34.3 Å². The number of ether oxygens (including phenoxy) is 2. The van der Waals surface area contributed by atoms with E-state index in [1.807, 2.05) is 23.9 Å². The van der Waals surface area contributed by atoms with Crippen LogP contribution in [0.3, 0.4) is 0 Å². The van der Waals surface area contributed by atoms with Crippen molar-refractivity contribution in [2.45, 2.75) is 37.1 Å². The molecule has 1 N–H and O–H groups in total. The summed E-state index contributed by atoms with van der Waals surface area (Å²) in [5.74, 6) is 1.17. The second-order valence-corrected chi connectivity index (χ2v) is 7.50. The van der Waals surface area contributed by atoms with Crippen molar-refractivity contribution in [3.05, 3.63) is 29.8 Å². The summed E-state index contributed by atoms with van der Waals surface area (Å²) in [7, 11) is 3.69. The molecule has 0 radical (unpaired) electrons. The molecule has 0 saturated carbocycles. The van der Waals surface area contributed by atoms with E-state index in [4.69, 9.17) is 9.47 Å². The van der Waals surface area contributed by atoms with Gasteiger partial charge in [-0.2, -0.15) is 0 Å². The predicted molar refractivity (Wildman–Crippen MR) is 103 cm³/mol. The van der Waals surface area contributed by atoms with Crippen molar-refractivity contribution in [1.82, 2.24) is 24.6 Å². The predicted octanol–water partition coefficient (Wildman–Crippen LogP) is 1.24. The lowest BCUT2D eigenvalue weighted by atomic mass is 10.2. The molecule has 0 aliphatic carbocycles. The number of hydrogen-bond acceptors (Lipinski definition) is 6. The minimum absolute atomic E-state index is 0.0132. The first-order valence-corrected chi connectivity index (χ1v) is 10.2. The summed E-state index contributed by atoms with van der Waals surface area (Å²) in [6.45, 7) is 2.59. The van der Waals surface area contributed by atoms with Crippen LogP contribution in [0.5, 0.6) is 0 Å². The summed E-state index contributed by atoms with van der Waals surface area (Å²) in [6.07, 6.45) is 4.94. The third-order valence-corrected chi connectivity index (χ3v) is 5.55. The number of methoxy groups -OCH3 is 1. The summed E-state index contributed by atoms with van der Waals surface area (Å²) in [5.41, 5.74) is 1.16. The van der Waals surface area contributed by atoms with Crippen molar-refractivity contribution < 1.29 is 14.3 Å². The van der Waals surface area contributed by atoms with Crippen molar-refractivity contribution in [3.63, 3.8) is 0 Å². The monoisotopic (exact) mass is 393 g/mol. The van der Waals surface area contributed by atoms with Gasteiger partial charge in [0.1, 0.15) is 5.82 Å². The Balaban J connectivity index is 1.58. The van der Waals surface area contributed by atoms with Crippen LogP contribution in [0.15, 0.2) is 23.5 Å². The highest BCUT2D eigenvalue weighted by Gasteiger charge is 2.18. The standard InChI is InChI=1S/C18H27N5O3S/c1-22-7-3-5-14(22)11-16-20-21-18(23(16)8-10-25-2)27-13-17(24)19-12-15-6-4-9-26-15/h3,5,7,15H,4,6,8-13H2,1-2H3,(H,19,24)/t15-/m1/s1. The second-order valence-electron chi connectivity index (χ2n) is 6.56. The van der Waals surface area contributed by atoms with Gasteiger partial charge >= 0.3 is 0 Å². The molecule has 0 unspecified atom stereocenters. The third-order valence-electron chi connectivity index (χ3n) is 4.59. The first-order valence-electron chi connectivity index (χ1n) is 9.19. The van der Waals surface area contributed by atoms with Crippen LogP contribution in [0.1, 0.15) is 24.4 Å². The molecule has 9 heteroatoms. The minimum atomic E-state index is -0.0132. The van der Waals surface area contributed by atoms with Gasteiger partial charge < -0.3 is 23.9 Å². The number of aryl methyl sites for hydroxylation is 1. The van der Waals surface area contributed by atoms with Gasteiger partial charge in [0, 0.05) is 52.2 Å². The maximum atomic E-state index is 12.1. The van der Waals surface area contributed by atoms with Gasteiger partial charge in [-0.05, 0) is 25.0 Å². The summed E-state index contributed by atoms with van der Waals surface area (Å²) in [4.78, 5) is 12.1. The van der Waals surface area contributed by atoms with E-state index in [0.29, 0.717) is 31.9 Å². The summed E-state index contributed by atoms with van der Waals surface area (Å²) in [5, 5.41) is 12.3. The fraction of sp³-hybridized carbons (Fsp3) is 0.611. The maximum Gasteiger partial charge on any atom is 0.230 e. The number of aromatic nitrogens is 4. The normalized spacial score (nSPS) is 16.7. The Hall–Kier alpha value is -1.84. The highest BCUT2D eigenvalue weighted by atomic mass is 32.2. The van der Waals surface area contributed by atoms with E-state index in [9.17, 15) is 4.79 Å². The van der Waals surface area contributed by atoms with Crippen molar-refractivity contribution in [3.8, 4) is 0 Å². The topological polar surface area (TPSA) is 83.2 Å². The molecule has 0 bridgehead atoms. The van der Waals surface area contributed by atoms with Crippen LogP contribution in [0.2, 0.25) is 0 Å². The van der Waals surface area contributed by atoms with Crippen LogP contribution in [0.4, 0.5) is 0 Å². The lowest BCUT2D eigenvalue weighted by Crippen LogP contribution is -2.33. The first kappa shape index (κ1) is 19.9. The van der Waals surface area contributed by atoms with E-state index in [1.165, 1.54) is 11.8 Å². The Bertz CT molecular complexity index is 739. The summed E-state index contributed by atoms with van der Waals surface area (Å²) < 4.78 is 14.9. The molecule has 1 amide bonds. The number of hydrogen-bond donors (Lipinski definition) is 1. The van der Waals surface area contributed by atoms with E-state index >= 15 is 0 Å². The zero-order chi connectivity index (χ0) is 19.1. The maximum absolute atomic E-state index is 12.1. The van der Waals surface area contributed by atoms with E-state index < -0.39 is 0 Å². The third kappa shape index (κ3) is 5.57. The van der Waals surface area contributed by atoms with Gasteiger partial charge in [-0.15, -0.1) is 10.2 Å². The van der Waals surface area contributed by atoms with E-state index in [0.717, 1.165) is 36.1 Å². The Morgan fingerprint density at radius 3 is 3.07 bits per heavy atom. The van der Waals surface area contributed by atoms with Crippen LogP contribution < -0.4 is 5.32 Å². The lowest BCUT2D eigenvalue weighted by molar-refractivity contribution is -0.119. The Morgan fingerprint density at radius 2 is 2.37 bits per heavy atom. The Kier molecular flexibility index (Phi) is 7.31. The fourth-order valence-corrected chi connectivity index (χ4v) is 3.83. The van der Waals surface area contributed by atoms with Crippen molar-refractivity contribution >= 4 is 17.7 Å². The number of thioether (sulfide) groups is 1. The number of rotatable bonds is 10. The van der Waals surface area contributed by atoms with Crippen LogP contribution >= 0.6 is 11.8 Å². The highest BCUT2D eigenvalue weighted by molar-refractivity contribution is 7.99. The zero-order valence-electron chi connectivity index (χ0n) is 15.9. The van der Waals surface area contributed by atoms with Gasteiger partial charge in [-0.1, -0.05) is 11.8 Å². The molecule has 3 heterocycles. The van der Waals surface area contributed by atoms with Crippen molar-refractivity contribution in [1.29, 1.82) is 0 Å². The molecule has 1 aliphatic rings. The minimum Gasteiger partial charge on any atom is -0.383 e. The van der Waals surface area contributed by atoms with Crippen LogP contribution in [-0.4, -0.2) is 64.0 Å². The fourth-order valence-electron chi connectivity index (χ4n) is 3.02. The van der Waals surface area contributed by atoms with Gasteiger partial charge in [-0.25, -0.2) is 0 Å². The summed E-state index contributed by atoms with van der Waals surface area (Å²) in [6, 6.07) is 4.08. The summed E-state index contributed by atoms with van der Waals surface area (Å²) >= 11 is 1.40. The number of carbonyl (C=O) groups excluding carboxylic acids is 1. The quantitative estimate of drug-likeness (QED) is 0.612. The largest absolute Gasteiger partial charge is 0.383 e.